The van der Waals surface area contributed by atoms with Crippen molar-refractivity contribution in [2.75, 3.05) is 0 Å². The van der Waals surface area contributed by atoms with Crippen molar-refractivity contribution in [1.29, 1.82) is 0 Å². The Morgan fingerprint density at radius 3 is 2.82 bits per heavy atom. The first kappa shape index (κ1) is 12.0. The number of amides is 1. The molecule has 4 heteroatoms. The highest BCUT2D eigenvalue weighted by Crippen LogP contribution is 2.16. The molecule has 3 N–H and O–H groups in total. The van der Waals surface area contributed by atoms with E-state index in [0.717, 1.165) is 31.2 Å². The van der Waals surface area contributed by atoms with Crippen molar-refractivity contribution < 1.29 is 4.79 Å². The molecule has 1 aliphatic rings. The van der Waals surface area contributed by atoms with Gasteiger partial charge in [-0.05, 0) is 37.3 Å². The van der Waals surface area contributed by atoms with Gasteiger partial charge in [0.15, 0.2) is 0 Å². The molecule has 2 rings (SSSR count). The van der Waals surface area contributed by atoms with E-state index >= 15 is 0 Å². The maximum atomic E-state index is 11.8. The highest BCUT2D eigenvalue weighted by molar-refractivity contribution is 5.78. The van der Waals surface area contributed by atoms with Crippen LogP contribution < -0.4 is 11.1 Å². The molecule has 1 heterocycles. The van der Waals surface area contributed by atoms with E-state index in [9.17, 15) is 4.79 Å². The van der Waals surface area contributed by atoms with Gasteiger partial charge < -0.3 is 11.1 Å². The third kappa shape index (κ3) is 3.82. The van der Waals surface area contributed by atoms with Crippen LogP contribution in [0.5, 0.6) is 0 Å². The average Bonchev–Trinajstić information content (AvgIpc) is 2.33. The fourth-order valence-corrected chi connectivity index (χ4v) is 2.23. The SMILES string of the molecule is NC1CCC(NC(=O)Cc2cccnc2)CC1. The van der Waals surface area contributed by atoms with Crippen LogP contribution in [0.15, 0.2) is 24.5 Å². The molecule has 0 radical (unpaired) electrons. The van der Waals surface area contributed by atoms with Crippen LogP contribution in [-0.4, -0.2) is 23.0 Å². The van der Waals surface area contributed by atoms with Gasteiger partial charge in [0.1, 0.15) is 0 Å². The van der Waals surface area contributed by atoms with E-state index in [4.69, 9.17) is 5.73 Å². The molecule has 0 saturated heterocycles. The lowest BCUT2D eigenvalue weighted by Gasteiger charge is -2.26. The molecule has 17 heavy (non-hydrogen) atoms. The Morgan fingerprint density at radius 1 is 1.41 bits per heavy atom. The summed E-state index contributed by atoms with van der Waals surface area (Å²) in [6.45, 7) is 0. The Kier molecular flexibility index (Phi) is 4.09. The summed E-state index contributed by atoms with van der Waals surface area (Å²) in [7, 11) is 0. The van der Waals surface area contributed by atoms with Crippen LogP contribution in [0, 0.1) is 0 Å². The maximum Gasteiger partial charge on any atom is 0.224 e. The Bertz CT molecular complexity index is 358. The van der Waals surface area contributed by atoms with Gasteiger partial charge in [-0.1, -0.05) is 6.07 Å². The standard InChI is InChI=1S/C13H19N3O/c14-11-3-5-12(6-4-11)16-13(17)8-10-2-1-7-15-9-10/h1-2,7,9,11-12H,3-6,8,14H2,(H,16,17). The van der Waals surface area contributed by atoms with Crippen molar-refractivity contribution in [3.8, 4) is 0 Å². The van der Waals surface area contributed by atoms with Crippen molar-refractivity contribution in [1.82, 2.24) is 10.3 Å². The number of hydrogen-bond acceptors (Lipinski definition) is 3. The highest BCUT2D eigenvalue weighted by Gasteiger charge is 2.19. The average molecular weight is 233 g/mol. The van der Waals surface area contributed by atoms with Gasteiger partial charge in [-0.2, -0.15) is 0 Å². The topological polar surface area (TPSA) is 68.0 Å². The molecule has 0 bridgehead atoms. The Balaban J connectivity index is 1.78. The van der Waals surface area contributed by atoms with Gasteiger partial charge >= 0.3 is 0 Å². The molecule has 0 aliphatic heterocycles. The van der Waals surface area contributed by atoms with Gasteiger partial charge in [0.05, 0.1) is 6.42 Å². The van der Waals surface area contributed by atoms with Crippen molar-refractivity contribution in [3.05, 3.63) is 30.1 Å². The third-order valence-electron chi connectivity index (χ3n) is 3.22. The molecule has 1 aromatic heterocycles. The van der Waals surface area contributed by atoms with Crippen LogP contribution in [0.3, 0.4) is 0 Å². The zero-order chi connectivity index (χ0) is 12.1. The molecule has 0 aromatic carbocycles. The quantitative estimate of drug-likeness (QED) is 0.818. The fourth-order valence-electron chi connectivity index (χ4n) is 2.23. The summed E-state index contributed by atoms with van der Waals surface area (Å²) < 4.78 is 0. The predicted octanol–water partition coefficient (Wildman–Crippen LogP) is 1.01. The second kappa shape index (κ2) is 5.77. The second-order valence-corrected chi connectivity index (χ2v) is 4.72. The molecule has 0 atom stereocenters. The summed E-state index contributed by atoms with van der Waals surface area (Å²) >= 11 is 0. The van der Waals surface area contributed by atoms with E-state index in [-0.39, 0.29) is 5.91 Å². The molecule has 1 saturated carbocycles. The molecule has 92 valence electrons. The van der Waals surface area contributed by atoms with Crippen LogP contribution in [0.2, 0.25) is 0 Å². The van der Waals surface area contributed by atoms with E-state index < -0.39 is 0 Å². The lowest BCUT2D eigenvalue weighted by atomic mass is 9.92. The second-order valence-electron chi connectivity index (χ2n) is 4.72. The van der Waals surface area contributed by atoms with E-state index in [2.05, 4.69) is 10.3 Å². The molecular weight excluding hydrogens is 214 g/mol. The predicted molar refractivity (Wildman–Crippen MR) is 66.3 cm³/mol. The summed E-state index contributed by atoms with van der Waals surface area (Å²) in [5, 5.41) is 3.07. The number of nitrogens with two attached hydrogens (primary N) is 1. The van der Waals surface area contributed by atoms with E-state index in [0.29, 0.717) is 18.5 Å². The molecule has 1 amide bonds. The first-order chi connectivity index (χ1) is 8.24. The monoisotopic (exact) mass is 233 g/mol. The van der Waals surface area contributed by atoms with Crippen molar-refractivity contribution in [3.63, 3.8) is 0 Å². The molecule has 4 nitrogen and oxygen atoms in total. The van der Waals surface area contributed by atoms with Crippen LogP contribution in [-0.2, 0) is 11.2 Å². The number of hydrogen-bond donors (Lipinski definition) is 2. The summed E-state index contributed by atoms with van der Waals surface area (Å²) in [6.07, 6.45) is 7.88. The number of pyridine rings is 1. The van der Waals surface area contributed by atoms with Crippen LogP contribution in [0.25, 0.3) is 0 Å². The van der Waals surface area contributed by atoms with Gasteiger partial charge in [0.2, 0.25) is 5.91 Å². The lowest BCUT2D eigenvalue weighted by Crippen LogP contribution is -2.41. The van der Waals surface area contributed by atoms with Gasteiger partial charge in [-0.15, -0.1) is 0 Å². The first-order valence-electron chi connectivity index (χ1n) is 6.18. The minimum Gasteiger partial charge on any atom is -0.353 e. The number of nitrogens with zero attached hydrogens (tertiary/aromatic N) is 1. The zero-order valence-corrected chi connectivity index (χ0v) is 9.93. The minimum atomic E-state index is 0.0819. The largest absolute Gasteiger partial charge is 0.353 e. The van der Waals surface area contributed by atoms with Crippen molar-refractivity contribution >= 4 is 5.91 Å². The molecule has 1 fully saturated rings. The highest BCUT2D eigenvalue weighted by atomic mass is 16.1. The number of carbonyl (C=O) groups excluding carboxylic acids is 1. The summed E-state index contributed by atoms with van der Waals surface area (Å²) in [5.74, 6) is 0.0819. The van der Waals surface area contributed by atoms with Gasteiger partial charge in [0, 0.05) is 24.5 Å². The van der Waals surface area contributed by atoms with Gasteiger partial charge in [-0.3, -0.25) is 9.78 Å². The Labute approximate surface area is 102 Å². The zero-order valence-electron chi connectivity index (χ0n) is 9.93. The molecule has 0 unspecified atom stereocenters. The summed E-state index contributed by atoms with van der Waals surface area (Å²) in [5.41, 5.74) is 6.79. The summed E-state index contributed by atoms with van der Waals surface area (Å²) in [6, 6.07) is 4.39. The molecule has 1 aliphatic carbocycles. The number of aromatic nitrogens is 1. The number of nitrogens with one attached hydrogen (secondary N) is 1. The number of carbonyl (C=O) groups is 1. The Morgan fingerprint density at radius 2 is 2.18 bits per heavy atom. The van der Waals surface area contributed by atoms with Crippen LogP contribution in [0.1, 0.15) is 31.2 Å². The van der Waals surface area contributed by atoms with Crippen molar-refractivity contribution in [2.24, 2.45) is 5.73 Å². The lowest BCUT2D eigenvalue weighted by molar-refractivity contribution is -0.121. The van der Waals surface area contributed by atoms with Crippen LogP contribution in [0.4, 0.5) is 0 Å². The third-order valence-corrected chi connectivity index (χ3v) is 3.22. The minimum absolute atomic E-state index is 0.0819. The van der Waals surface area contributed by atoms with Gasteiger partial charge in [0.25, 0.3) is 0 Å². The fraction of sp³-hybridized carbons (Fsp3) is 0.538. The smallest absolute Gasteiger partial charge is 0.224 e. The van der Waals surface area contributed by atoms with Crippen LogP contribution >= 0.6 is 0 Å². The van der Waals surface area contributed by atoms with E-state index in [1.165, 1.54) is 0 Å². The molecule has 1 aromatic rings. The van der Waals surface area contributed by atoms with Gasteiger partial charge in [-0.25, -0.2) is 0 Å². The number of rotatable bonds is 3. The summed E-state index contributed by atoms with van der Waals surface area (Å²) in [4.78, 5) is 15.8. The van der Waals surface area contributed by atoms with E-state index in [1.807, 2.05) is 12.1 Å². The first-order valence-corrected chi connectivity index (χ1v) is 6.18. The normalized spacial score (nSPS) is 24.3. The molecule has 0 spiro atoms. The maximum absolute atomic E-state index is 11.8. The van der Waals surface area contributed by atoms with E-state index in [1.54, 1.807) is 12.4 Å². The Hall–Kier alpha value is -1.42. The van der Waals surface area contributed by atoms with Crippen molar-refractivity contribution in [2.45, 2.75) is 44.2 Å². The molecular formula is C13H19N3O.